The summed E-state index contributed by atoms with van der Waals surface area (Å²) < 4.78 is 15.4. The first-order valence-electron chi connectivity index (χ1n) is 7.59. The van der Waals surface area contributed by atoms with Gasteiger partial charge in [0, 0.05) is 11.5 Å². The summed E-state index contributed by atoms with van der Waals surface area (Å²) in [5.74, 6) is 0.894. The second-order valence-electron chi connectivity index (χ2n) is 5.32. The summed E-state index contributed by atoms with van der Waals surface area (Å²) in [7, 11) is 3.12. The monoisotopic (exact) mass is 336 g/mol. The highest BCUT2D eigenvalue weighted by atomic mass is 16.5. The van der Waals surface area contributed by atoms with Crippen molar-refractivity contribution < 1.29 is 18.7 Å². The van der Waals surface area contributed by atoms with Gasteiger partial charge in [0.05, 0.1) is 14.2 Å². The highest BCUT2D eigenvalue weighted by Gasteiger charge is 2.11. The van der Waals surface area contributed by atoms with E-state index in [2.05, 4.69) is 0 Å². The van der Waals surface area contributed by atoms with E-state index in [0.717, 1.165) is 11.3 Å². The molecule has 126 valence electrons. The Balaban J connectivity index is 1.89. The number of fused-ring (bicyclic) bond motifs is 1. The molecule has 3 aromatic rings. The van der Waals surface area contributed by atoms with Crippen molar-refractivity contribution in [3.63, 3.8) is 0 Å². The Morgan fingerprint density at radius 2 is 1.64 bits per heavy atom. The summed E-state index contributed by atoms with van der Waals surface area (Å²) in [6.45, 7) is 0. The SMILES string of the molecule is COc1ccc(C=CC(=O)c2cc3ccc(OC)cc3oc2=O)cc1. The van der Waals surface area contributed by atoms with E-state index >= 15 is 0 Å². The fourth-order valence-electron chi connectivity index (χ4n) is 2.37. The molecular formula is C20H16O5. The molecule has 0 fully saturated rings. The predicted octanol–water partition coefficient (Wildman–Crippen LogP) is 3.71. The number of hydrogen-bond donors (Lipinski definition) is 0. The molecular weight excluding hydrogens is 320 g/mol. The Kier molecular flexibility index (Phi) is 4.66. The van der Waals surface area contributed by atoms with Crippen LogP contribution >= 0.6 is 0 Å². The highest BCUT2D eigenvalue weighted by molar-refractivity contribution is 6.07. The average Bonchev–Trinajstić information content (AvgIpc) is 2.65. The third-order valence-corrected chi connectivity index (χ3v) is 3.75. The molecule has 0 radical (unpaired) electrons. The molecule has 0 saturated heterocycles. The minimum Gasteiger partial charge on any atom is -0.497 e. The van der Waals surface area contributed by atoms with Crippen LogP contribution in [0, 0.1) is 0 Å². The number of hydrogen-bond acceptors (Lipinski definition) is 5. The first kappa shape index (κ1) is 16.5. The van der Waals surface area contributed by atoms with Crippen molar-refractivity contribution in [2.24, 2.45) is 0 Å². The maximum atomic E-state index is 12.3. The van der Waals surface area contributed by atoms with Crippen LogP contribution in [0.5, 0.6) is 11.5 Å². The van der Waals surface area contributed by atoms with E-state index in [1.165, 1.54) is 19.3 Å². The van der Waals surface area contributed by atoms with Crippen molar-refractivity contribution in [3.8, 4) is 11.5 Å². The van der Waals surface area contributed by atoms with E-state index in [0.29, 0.717) is 16.7 Å². The van der Waals surface area contributed by atoms with Crippen LogP contribution in [-0.2, 0) is 0 Å². The van der Waals surface area contributed by atoms with Crippen molar-refractivity contribution in [2.45, 2.75) is 0 Å². The Morgan fingerprint density at radius 3 is 2.32 bits per heavy atom. The second kappa shape index (κ2) is 7.05. The Bertz CT molecular complexity index is 997. The average molecular weight is 336 g/mol. The minimum absolute atomic E-state index is 0.0116. The van der Waals surface area contributed by atoms with Crippen molar-refractivity contribution in [1.82, 2.24) is 0 Å². The summed E-state index contributed by atoms with van der Waals surface area (Å²) in [5, 5.41) is 0.654. The smallest absolute Gasteiger partial charge is 0.347 e. The Morgan fingerprint density at radius 1 is 0.960 bits per heavy atom. The first-order chi connectivity index (χ1) is 12.1. The van der Waals surface area contributed by atoms with Gasteiger partial charge < -0.3 is 13.9 Å². The molecule has 1 aromatic heterocycles. The zero-order valence-corrected chi connectivity index (χ0v) is 13.8. The van der Waals surface area contributed by atoms with Crippen LogP contribution in [0.15, 0.2) is 63.8 Å². The zero-order chi connectivity index (χ0) is 17.8. The van der Waals surface area contributed by atoms with Gasteiger partial charge in [0.1, 0.15) is 22.6 Å². The van der Waals surface area contributed by atoms with Crippen LogP contribution < -0.4 is 15.1 Å². The molecule has 0 bridgehead atoms. The van der Waals surface area contributed by atoms with Crippen LogP contribution in [0.3, 0.4) is 0 Å². The molecule has 0 unspecified atom stereocenters. The summed E-state index contributed by atoms with van der Waals surface area (Å²) >= 11 is 0. The third kappa shape index (κ3) is 3.61. The van der Waals surface area contributed by atoms with Gasteiger partial charge >= 0.3 is 5.63 Å². The van der Waals surface area contributed by atoms with Gasteiger partial charge in [-0.15, -0.1) is 0 Å². The summed E-state index contributed by atoms with van der Waals surface area (Å²) in [4.78, 5) is 24.4. The molecule has 0 atom stereocenters. The van der Waals surface area contributed by atoms with Crippen molar-refractivity contribution in [2.75, 3.05) is 14.2 Å². The van der Waals surface area contributed by atoms with Gasteiger partial charge in [-0.1, -0.05) is 18.2 Å². The van der Waals surface area contributed by atoms with E-state index < -0.39 is 11.4 Å². The first-order valence-corrected chi connectivity index (χ1v) is 7.59. The van der Waals surface area contributed by atoms with Gasteiger partial charge in [0.15, 0.2) is 5.78 Å². The van der Waals surface area contributed by atoms with Gasteiger partial charge in [0.25, 0.3) is 0 Å². The second-order valence-corrected chi connectivity index (χ2v) is 5.32. The van der Waals surface area contributed by atoms with E-state index in [1.54, 1.807) is 43.5 Å². The van der Waals surface area contributed by atoms with Crippen LogP contribution in [0.25, 0.3) is 17.0 Å². The molecule has 0 amide bonds. The van der Waals surface area contributed by atoms with E-state index in [4.69, 9.17) is 13.9 Å². The van der Waals surface area contributed by atoms with Crippen LogP contribution in [0.2, 0.25) is 0 Å². The fraction of sp³-hybridized carbons (Fsp3) is 0.100. The van der Waals surface area contributed by atoms with E-state index in [1.807, 2.05) is 12.1 Å². The number of allylic oxidation sites excluding steroid dienone is 1. The molecule has 0 N–H and O–H groups in total. The van der Waals surface area contributed by atoms with Crippen LogP contribution in [0.4, 0.5) is 0 Å². The molecule has 5 nitrogen and oxygen atoms in total. The van der Waals surface area contributed by atoms with Gasteiger partial charge in [-0.25, -0.2) is 4.79 Å². The number of carbonyl (C=O) groups excluding carboxylic acids is 1. The molecule has 2 aromatic carbocycles. The molecule has 0 aliphatic carbocycles. The highest BCUT2D eigenvalue weighted by Crippen LogP contribution is 2.20. The third-order valence-electron chi connectivity index (χ3n) is 3.75. The minimum atomic E-state index is -0.676. The molecule has 0 aliphatic heterocycles. The number of ether oxygens (including phenoxy) is 2. The van der Waals surface area contributed by atoms with E-state index in [9.17, 15) is 9.59 Å². The van der Waals surface area contributed by atoms with Gasteiger partial charge in [0.2, 0.25) is 0 Å². The lowest BCUT2D eigenvalue weighted by Crippen LogP contribution is -2.11. The van der Waals surface area contributed by atoms with Crippen molar-refractivity contribution >= 4 is 22.8 Å². The largest absolute Gasteiger partial charge is 0.497 e. The van der Waals surface area contributed by atoms with E-state index in [-0.39, 0.29) is 5.56 Å². The molecule has 3 rings (SSSR count). The van der Waals surface area contributed by atoms with Crippen molar-refractivity contribution in [1.29, 1.82) is 0 Å². The number of methoxy groups -OCH3 is 2. The topological polar surface area (TPSA) is 65.7 Å². The molecule has 0 saturated carbocycles. The number of benzene rings is 2. The summed E-state index contributed by atoms with van der Waals surface area (Å²) in [6, 6.07) is 13.8. The standard InChI is InChI=1S/C20H16O5/c1-23-15-7-3-13(4-8-15)5-10-18(21)17-11-14-6-9-16(24-2)12-19(14)25-20(17)22/h3-12H,1-2H3. The molecule has 1 heterocycles. The molecule has 5 heteroatoms. The predicted molar refractivity (Wildman–Crippen MR) is 95.4 cm³/mol. The summed E-state index contributed by atoms with van der Waals surface area (Å²) in [6.07, 6.45) is 2.99. The Hall–Kier alpha value is -3.34. The maximum Gasteiger partial charge on any atom is 0.347 e. The molecule has 0 spiro atoms. The van der Waals surface area contributed by atoms with Gasteiger partial charge in [-0.2, -0.15) is 0 Å². The van der Waals surface area contributed by atoms with Crippen LogP contribution in [-0.4, -0.2) is 20.0 Å². The fourth-order valence-corrected chi connectivity index (χ4v) is 2.37. The lowest BCUT2D eigenvalue weighted by molar-refractivity contribution is 0.104. The molecule has 25 heavy (non-hydrogen) atoms. The number of rotatable bonds is 5. The summed E-state index contributed by atoms with van der Waals surface area (Å²) in [5.41, 5.74) is 0.511. The number of ketones is 1. The molecule has 0 aliphatic rings. The lowest BCUT2D eigenvalue weighted by Gasteiger charge is -2.02. The lowest BCUT2D eigenvalue weighted by atomic mass is 10.1. The van der Waals surface area contributed by atoms with Gasteiger partial charge in [-0.3, -0.25) is 4.79 Å². The van der Waals surface area contributed by atoms with Crippen LogP contribution in [0.1, 0.15) is 15.9 Å². The Labute approximate surface area is 144 Å². The normalized spacial score (nSPS) is 11.0. The number of carbonyl (C=O) groups is 1. The van der Waals surface area contributed by atoms with Crippen molar-refractivity contribution in [3.05, 3.63) is 76.2 Å². The van der Waals surface area contributed by atoms with Gasteiger partial charge in [-0.05, 0) is 42.0 Å². The quantitative estimate of drug-likeness (QED) is 0.404. The zero-order valence-electron chi connectivity index (χ0n) is 13.8. The maximum absolute atomic E-state index is 12.3.